The van der Waals surface area contributed by atoms with Crippen LogP contribution in [0.15, 0.2) is 6.07 Å². The smallest absolute Gasteiger partial charge is 0.272 e. The van der Waals surface area contributed by atoms with Gasteiger partial charge in [-0.15, -0.1) is 12.4 Å². The minimum Gasteiger partial charge on any atom is -0.337 e. The first-order chi connectivity index (χ1) is 8.65. The van der Waals surface area contributed by atoms with Crippen molar-refractivity contribution < 1.29 is 4.79 Å². The molecule has 2 fully saturated rings. The number of aryl methyl sites for hydroxylation is 2. The highest BCUT2D eigenvalue weighted by Gasteiger charge is 2.35. The zero-order valence-electron chi connectivity index (χ0n) is 11.4. The maximum atomic E-state index is 12.5. The molecule has 1 aromatic heterocycles. The van der Waals surface area contributed by atoms with Gasteiger partial charge in [-0.1, -0.05) is 0 Å². The number of hydrogen-bond donors (Lipinski definition) is 1. The number of fused-ring (bicyclic) bond motifs is 1. The molecule has 3 heterocycles. The normalized spacial score (nSPS) is 25.9. The van der Waals surface area contributed by atoms with E-state index in [1.54, 1.807) is 4.68 Å². The average molecular weight is 285 g/mol. The van der Waals surface area contributed by atoms with E-state index in [2.05, 4.69) is 10.4 Å². The number of amides is 1. The Hall–Kier alpha value is -1.07. The van der Waals surface area contributed by atoms with E-state index in [-0.39, 0.29) is 18.3 Å². The molecule has 3 rings (SSSR count). The van der Waals surface area contributed by atoms with Gasteiger partial charge in [0.25, 0.3) is 5.91 Å². The minimum absolute atomic E-state index is 0. The predicted molar refractivity (Wildman–Crippen MR) is 75.6 cm³/mol. The highest BCUT2D eigenvalue weighted by atomic mass is 35.5. The monoisotopic (exact) mass is 284 g/mol. The molecule has 0 bridgehead atoms. The fourth-order valence-corrected chi connectivity index (χ4v) is 3.19. The van der Waals surface area contributed by atoms with Crippen LogP contribution in [0, 0.1) is 18.8 Å². The van der Waals surface area contributed by atoms with Crippen LogP contribution in [0.4, 0.5) is 0 Å². The lowest BCUT2D eigenvalue weighted by Crippen LogP contribution is -2.44. The zero-order chi connectivity index (χ0) is 12.7. The molecule has 2 aliphatic rings. The molecule has 0 spiro atoms. The lowest BCUT2D eigenvalue weighted by Gasteiger charge is -2.34. The molecule has 19 heavy (non-hydrogen) atoms. The van der Waals surface area contributed by atoms with E-state index in [9.17, 15) is 4.79 Å². The van der Waals surface area contributed by atoms with Crippen molar-refractivity contribution in [2.75, 3.05) is 26.2 Å². The number of rotatable bonds is 1. The quantitative estimate of drug-likeness (QED) is 0.831. The summed E-state index contributed by atoms with van der Waals surface area (Å²) < 4.78 is 1.69. The second kappa shape index (κ2) is 5.51. The van der Waals surface area contributed by atoms with Crippen LogP contribution in [0.1, 0.15) is 22.6 Å². The van der Waals surface area contributed by atoms with E-state index in [0.29, 0.717) is 11.6 Å². The highest BCUT2D eigenvalue weighted by molar-refractivity contribution is 5.92. The molecule has 1 amide bonds. The van der Waals surface area contributed by atoms with E-state index in [1.165, 1.54) is 0 Å². The maximum absolute atomic E-state index is 12.5. The summed E-state index contributed by atoms with van der Waals surface area (Å²) in [4.78, 5) is 14.5. The van der Waals surface area contributed by atoms with Gasteiger partial charge in [-0.25, -0.2) is 0 Å². The molecule has 0 radical (unpaired) electrons. The van der Waals surface area contributed by atoms with Gasteiger partial charge in [0.15, 0.2) is 0 Å². The number of piperidine rings is 1. The maximum Gasteiger partial charge on any atom is 0.272 e. The second-order valence-electron chi connectivity index (χ2n) is 5.51. The summed E-state index contributed by atoms with van der Waals surface area (Å²) >= 11 is 0. The summed E-state index contributed by atoms with van der Waals surface area (Å²) in [6.45, 7) is 5.87. The van der Waals surface area contributed by atoms with Crippen LogP contribution < -0.4 is 5.32 Å². The first-order valence-electron chi connectivity index (χ1n) is 6.66. The first kappa shape index (κ1) is 14.3. The number of likely N-dealkylation sites (tertiary alicyclic amines) is 1. The van der Waals surface area contributed by atoms with Crippen LogP contribution >= 0.6 is 12.4 Å². The summed E-state index contributed by atoms with van der Waals surface area (Å²) in [5.74, 6) is 1.53. The number of halogens is 1. The summed E-state index contributed by atoms with van der Waals surface area (Å²) in [6, 6.07) is 1.88. The third-order valence-electron chi connectivity index (χ3n) is 4.21. The van der Waals surface area contributed by atoms with Gasteiger partial charge in [-0.3, -0.25) is 9.48 Å². The number of hydrogen-bond acceptors (Lipinski definition) is 3. The van der Waals surface area contributed by atoms with Crippen LogP contribution in [0.2, 0.25) is 0 Å². The van der Waals surface area contributed by atoms with Crippen LogP contribution in [0.5, 0.6) is 0 Å². The molecule has 2 unspecified atom stereocenters. The third-order valence-corrected chi connectivity index (χ3v) is 4.21. The number of aromatic nitrogens is 2. The van der Waals surface area contributed by atoms with Gasteiger partial charge < -0.3 is 10.2 Å². The van der Waals surface area contributed by atoms with E-state index in [0.717, 1.165) is 44.2 Å². The van der Waals surface area contributed by atoms with E-state index < -0.39 is 0 Å². The zero-order valence-corrected chi connectivity index (χ0v) is 12.2. The Bertz CT molecular complexity index is 473. The average Bonchev–Trinajstić information content (AvgIpc) is 2.93. The highest BCUT2D eigenvalue weighted by Crippen LogP contribution is 2.27. The van der Waals surface area contributed by atoms with Crippen molar-refractivity contribution in [3.63, 3.8) is 0 Å². The van der Waals surface area contributed by atoms with Crippen LogP contribution in [-0.2, 0) is 7.05 Å². The lowest BCUT2D eigenvalue weighted by molar-refractivity contribution is 0.0631. The molecule has 0 aromatic carbocycles. The van der Waals surface area contributed by atoms with Gasteiger partial charge in [0, 0.05) is 20.1 Å². The molecule has 6 heteroatoms. The standard InChI is InChI=1S/C13H20N4O.ClH/c1-9-5-12(16(2)15-9)13(18)17-4-3-10-6-14-7-11(10)8-17;/h5,10-11,14H,3-4,6-8H2,1-2H3;1H. The number of nitrogens with zero attached hydrogens (tertiary/aromatic N) is 3. The Kier molecular flexibility index (Phi) is 4.16. The summed E-state index contributed by atoms with van der Waals surface area (Å²) in [5, 5.41) is 7.67. The minimum atomic E-state index is 0. The van der Waals surface area contributed by atoms with Gasteiger partial charge in [0.1, 0.15) is 5.69 Å². The summed E-state index contributed by atoms with van der Waals surface area (Å²) in [7, 11) is 1.84. The Labute approximate surface area is 119 Å². The van der Waals surface area contributed by atoms with Gasteiger partial charge in [0.2, 0.25) is 0 Å². The Balaban J connectivity index is 0.00000133. The van der Waals surface area contributed by atoms with Crippen molar-refractivity contribution in [3.8, 4) is 0 Å². The molecule has 2 saturated heterocycles. The number of nitrogens with one attached hydrogen (secondary N) is 1. The molecule has 1 N–H and O–H groups in total. The second-order valence-corrected chi connectivity index (χ2v) is 5.51. The fourth-order valence-electron chi connectivity index (χ4n) is 3.19. The SMILES string of the molecule is Cc1cc(C(=O)N2CCC3CNCC3C2)n(C)n1.Cl. The van der Waals surface area contributed by atoms with E-state index in [4.69, 9.17) is 0 Å². The van der Waals surface area contributed by atoms with E-state index in [1.807, 2.05) is 24.9 Å². The molecule has 5 nitrogen and oxygen atoms in total. The van der Waals surface area contributed by atoms with Crippen LogP contribution in [0.3, 0.4) is 0 Å². The number of carbonyl (C=O) groups excluding carboxylic acids is 1. The Morgan fingerprint density at radius 3 is 2.84 bits per heavy atom. The third kappa shape index (κ3) is 2.62. The molecule has 2 aliphatic heterocycles. The molecular weight excluding hydrogens is 264 g/mol. The van der Waals surface area contributed by atoms with Gasteiger partial charge in [0.05, 0.1) is 5.69 Å². The summed E-state index contributed by atoms with van der Waals surface area (Å²) in [5.41, 5.74) is 1.61. The molecule has 2 atom stereocenters. The Morgan fingerprint density at radius 1 is 1.42 bits per heavy atom. The van der Waals surface area contributed by atoms with Crippen molar-refractivity contribution in [2.45, 2.75) is 13.3 Å². The first-order valence-corrected chi connectivity index (χ1v) is 6.66. The van der Waals surface area contributed by atoms with Crippen molar-refractivity contribution in [1.29, 1.82) is 0 Å². The van der Waals surface area contributed by atoms with Gasteiger partial charge in [-0.05, 0) is 44.3 Å². The van der Waals surface area contributed by atoms with Gasteiger partial charge in [-0.2, -0.15) is 5.10 Å². The Morgan fingerprint density at radius 2 is 2.16 bits per heavy atom. The largest absolute Gasteiger partial charge is 0.337 e. The molecule has 0 saturated carbocycles. The summed E-state index contributed by atoms with van der Waals surface area (Å²) in [6.07, 6.45) is 1.13. The van der Waals surface area contributed by atoms with Gasteiger partial charge >= 0.3 is 0 Å². The molecular formula is C13H21ClN4O. The van der Waals surface area contributed by atoms with Crippen molar-refractivity contribution in [3.05, 3.63) is 17.5 Å². The topological polar surface area (TPSA) is 50.2 Å². The van der Waals surface area contributed by atoms with Crippen molar-refractivity contribution in [1.82, 2.24) is 20.0 Å². The number of carbonyl (C=O) groups is 1. The van der Waals surface area contributed by atoms with Crippen molar-refractivity contribution >= 4 is 18.3 Å². The molecule has 0 aliphatic carbocycles. The predicted octanol–water partition coefficient (Wildman–Crippen LogP) is 0.832. The van der Waals surface area contributed by atoms with Crippen molar-refractivity contribution in [2.24, 2.45) is 18.9 Å². The van der Waals surface area contributed by atoms with Crippen LogP contribution in [-0.4, -0.2) is 46.8 Å². The van der Waals surface area contributed by atoms with E-state index >= 15 is 0 Å². The molecule has 1 aromatic rings. The fraction of sp³-hybridized carbons (Fsp3) is 0.692. The lowest BCUT2D eigenvalue weighted by atomic mass is 9.88. The van der Waals surface area contributed by atoms with Crippen LogP contribution in [0.25, 0.3) is 0 Å². The molecule has 106 valence electrons.